The van der Waals surface area contributed by atoms with Crippen LogP contribution < -0.4 is 5.32 Å². The number of hydrogen-bond donors (Lipinski definition) is 1. The molecule has 1 atom stereocenters. The van der Waals surface area contributed by atoms with Gasteiger partial charge in [-0.2, -0.15) is 5.10 Å². The van der Waals surface area contributed by atoms with E-state index in [2.05, 4.69) is 15.4 Å². The quantitative estimate of drug-likeness (QED) is 0.754. The molecular formula is C20H19FN4O2. The SMILES string of the molecule is O=C(NC[C@H]1CCCO1)c1cc(-c2ccncc2)n(-c2ccc(F)cc2)n1. The largest absolute Gasteiger partial charge is 0.376 e. The third-order valence-corrected chi connectivity index (χ3v) is 4.50. The molecule has 2 aromatic heterocycles. The van der Waals surface area contributed by atoms with Gasteiger partial charge in [0.05, 0.1) is 17.5 Å². The molecule has 7 heteroatoms. The van der Waals surface area contributed by atoms with Gasteiger partial charge in [0.15, 0.2) is 5.69 Å². The monoisotopic (exact) mass is 366 g/mol. The van der Waals surface area contributed by atoms with Crippen LogP contribution in [0.4, 0.5) is 4.39 Å². The average Bonchev–Trinajstić information content (AvgIpc) is 3.37. The predicted molar refractivity (Wildman–Crippen MR) is 98.1 cm³/mol. The highest BCUT2D eigenvalue weighted by Crippen LogP contribution is 2.24. The Kier molecular flexibility index (Phi) is 4.93. The summed E-state index contributed by atoms with van der Waals surface area (Å²) in [7, 11) is 0. The Bertz CT molecular complexity index is 919. The fourth-order valence-electron chi connectivity index (χ4n) is 3.10. The number of benzene rings is 1. The van der Waals surface area contributed by atoms with Gasteiger partial charge in [0.2, 0.25) is 0 Å². The van der Waals surface area contributed by atoms with Gasteiger partial charge in [0.25, 0.3) is 5.91 Å². The summed E-state index contributed by atoms with van der Waals surface area (Å²) in [5.74, 6) is -0.590. The first kappa shape index (κ1) is 17.4. The van der Waals surface area contributed by atoms with E-state index in [-0.39, 0.29) is 17.8 Å². The molecule has 1 fully saturated rings. The Balaban J connectivity index is 1.64. The lowest BCUT2D eigenvalue weighted by atomic mass is 10.1. The summed E-state index contributed by atoms with van der Waals surface area (Å²) in [4.78, 5) is 16.6. The van der Waals surface area contributed by atoms with Crippen molar-refractivity contribution in [3.8, 4) is 16.9 Å². The zero-order chi connectivity index (χ0) is 18.6. The van der Waals surface area contributed by atoms with Crippen molar-refractivity contribution >= 4 is 5.91 Å². The van der Waals surface area contributed by atoms with Crippen LogP contribution in [-0.4, -0.2) is 39.9 Å². The molecule has 0 saturated carbocycles. The Labute approximate surface area is 156 Å². The number of carbonyl (C=O) groups excluding carboxylic acids is 1. The Morgan fingerprint density at radius 1 is 1.22 bits per heavy atom. The van der Waals surface area contributed by atoms with E-state index in [0.29, 0.717) is 17.9 Å². The van der Waals surface area contributed by atoms with Gasteiger partial charge in [-0.05, 0) is 55.3 Å². The summed E-state index contributed by atoms with van der Waals surface area (Å²) < 4.78 is 20.5. The summed E-state index contributed by atoms with van der Waals surface area (Å²) in [5.41, 5.74) is 2.55. The van der Waals surface area contributed by atoms with Crippen molar-refractivity contribution in [1.82, 2.24) is 20.1 Å². The lowest BCUT2D eigenvalue weighted by Crippen LogP contribution is -2.32. The first-order valence-corrected chi connectivity index (χ1v) is 8.87. The fraction of sp³-hybridized carbons (Fsp3) is 0.250. The second-order valence-corrected chi connectivity index (χ2v) is 6.38. The molecule has 3 aromatic rings. The van der Waals surface area contributed by atoms with E-state index in [4.69, 9.17) is 4.74 Å². The summed E-state index contributed by atoms with van der Waals surface area (Å²) in [5, 5.41) is 7.33. The first-order valence-electron chi connectivity index (χ1n) is 8.87. The first-order chi connectivity index (χ1) is 13.2. The molecule has 1 amide bonds. The highest BCUT2D eigenvalue weighted by molar-refractivity contribution is 5.93. The number of amides is 1. The number of nitrogens with one attached hydrogen (secondary N) is 1. The van der Waals surface area contributed by atoms with Crippen LogP contribution in [-0.2, 0) is 4.74 Å². The number of pyridine rings is 1. The van der Waals surface area contributed by atoms with E-state index in [1.54, 1.807) is 35.3 Å². The van der Waals surface area contributed by atoms with Crippen molar-refractivity contribution in [3.05, 3.63) is 66.4 Å². The standard InChI is InChI=1S/C20H19FN4O2/c21-15-3-5-16(6-4-15)25-19(14-7-9-22-10-8-14)12-18(24-25)20(26)23-13-17-2-1-11-27-17/h3-10,12,17H,1-2,11,13H2,(H,23,26)/t17-/m1/s1. The summed E-state index contributed by atoms with van der Waals surface area (Å²) >= 11 is 0. The molecule has 0 bridgehead atoms. The number of aromatic nitrogens is 3. The molecule has 3 heterocycles. The van der Waals surface area contributed by atoms with Crippen LogP contribution in [0.2, 0.25) is 0 Å². The van der Waals surface area contributed by atoms with Crippen LogP contribution in [0.1, 0.15) is 23.3 Å². The number of carbonyl (C=O) groups is 1. The highest BCUT2D eigenvalue weighted by atomic mass is 19.1. The maximum absolute atomic E-state index is 13.3. The maximum Gasteiger partial charge on any atom is 0.271 e. The van der Waals surface area contributed by atoms with Crippen LogP contribution in [0.3, 0.4) is 0 Å². The van der Waals surface area contributed by atoms with Gasteiger partial charge in [0.1, 0.15) is 5.82 Å². The predicted octanol–water partition coefficient (Wildman–Crippen LogP) is 2.98. The van der Waals surface area contributed by atoms with E-state index >= 15 is 0 Å². The van der Waals surface area contributed by atoms with Crippen LogP contribution in [0, 0.1) is 5.82 Å². The topological polar surface area (TPSA) is 69.0 Å². The van der Waals surface area contributed by atoms with Crippen LogP contribution in [0.25, 0.3) is 16.9 Å². The summed E-state index contributed by atoms with van der Waals surface area (Å²) in [6, 6.07) is 11.4. The second-order valence-electron chi connectivity index (χ2n) is 6.38. The number of hydrogen-bond acceptors (Lipinski definition) is 4. The number of halogens is 1. The second kappa shape index (κ2) is 7.67. The van der Waals surface area contributed by atoms with E-state index in [0.717, 1.165) is 30.7 Å². The molecule has 0 unspecified atom stereocenters. The van der Waals surface area contributed by atoms with E-state index in [1.807, 2.05) is 12.1 Å². The van der Waals surface area contributed by atoms with Gasteiger partial charge in [-0.1, -0.05) is 0 Å². The molecule has 1 N–H and O–H groups in total. The molecule has 0 spiro atoms. The van der Waals surface area contributed by atoms with Crippen molar-refractivity contribution in [3.63, 3.8) is 0 Å². The van der Waals surface area contributed by atoms with Crippen LogP contribution >= 0.6 is 0 Å². The van der Waals surface area contributed by atoms with E-state index in [9.17, 15) is 9.18 Å². The van der Waals surface area contributed by atoms with Crippen molar-refractivity contribution < 1.29 is 13.9 Å². The molecule has 1 aliphatic heterocycles. The van der Waals surface area contributed by atoms with Crippen LogP contribution in [0.15, 0.2) is 54.9 Å². The minimum absolute atomic E-state index is 0.0628. The zero-order valence-corrected chi connectivity index (χ0v) is 14.6. The molecule has 27 heavy (non-hydrogen) atoms. The molecule has 1 saturated heterocycles. The van der Waals surface area contributed by atoms with Crippen molar-refractivity contribution in [2.45, 2.75) is 18.9 Å². The maximum atomic E-state index is 13.3. The van der Waals surface area contributed by atoms with Gasteiger partial charge < -0.3 is 10.1 Å². The molecular weight excluding hydrogens is 347 g/mol. The van der Waals surface area contributed by atoms with Crippen molar-refractivity contribution in [1.29, 1.82) is 0 Å². The number of ether oxygens (including phenoxy) is 1. The van der Waals surface area contributed by atoms with E-state index < -0.39 is 0 Å². The minimum atomic E-state index is -0.328. The molecule has 0 aliphatic carbocycles. The third-order valence-electron chi connectivity index (χ3n) is 4.50. The minimum Gasteiger partial charge on any atom is -0.376 e. The average molecular weight is 366 g/mol. The Hall–Kier alpha value is -3.06. The normalized spacial score (nSPS) is 16.4. The summed E-state index contributed by atoms with van der Waals surface area (Å²) in [6.45, 7) is 1.21. The smallest absolute Gasteiger partial charge is 0.271 e. The van der Waals surface area contributed by atoms with Gasteiger partial charge in [0, 0.05) is 31.1 Å². The number of nitrogens with zero attached hydrogens (tertiary/aromatic N) is 3. The molecule has 6 nitrogen and oxygen atoms in total. The van der Waals surface area contributed by atoms with Gasteiger partial charge >= 0.3 is 0 Å². The lowest BCUT2D eigenvalue weighted by Gasteiger charge is -2.09. The van der Waals surface area contributed by atoms with Gasteiger partial charge in [-0.25, -0.2) is 9.07 Å². The lowest BCUT2D eigenvalue weighted by molar-refractivity contribution is 0.0853. The fourth-order valence-corrected chi connectivity index (χ4v) is 3.10. The molecule has 1 aliphatic rings. The zero-order valence-electron chi connectivity index (χ0n) is 14.6. The molecule has 4 rings (SSSR count). The summed E-state index contributed by atoms with van der Waals surface area (Å²) in [6.07, 6.45) is 5.38. The van der Waals surface area contributed by atoms with Gasteiger partial charge in [-0.3, -0.25) is 9.78 Å². The molecule has 138 valence electrons. The third kappa shape index (κ3) is 3.88. The van der Waals surface area contributed by atoms with Crippen LogP contribution in [0.5, 0.6) is 0 Å². The van der Waals surface area contributed by atoms with Crippen molar-refractivity contribution in [2.75, 3.05) is 13.2 Å². The molecule has 1 aromatic carbocycles. The van der Waals surface area contributed by atoms with E-state index in [1.165, 1.54) is 12.1 Å². The highest BCUT2D eigenvalue weighted by Gasteiger charge is 2.20. The number of rotatable bonds is 5. The molecule has 0 radical (unpaired) electrons. The van der Waals surface area contributed by atoms with Crippen molar-refractivity contribution in [2.24, 2.45) is 0 Å². The Morgan fingerprint density at radius 3 is 2.70 bits per heavy atom. The van der Waals surface area contributed by atoms with Gasteiger partial charge in [-0.15, -0.1) is 0 Å². The Morgan fingerprint density at radius 2 is 2.00 bits per heavy atom.